The number of fused-ring (bicyclic) bond motifs is 4. The van der Waals surface area contributed by atoms with Gasteiger partial charge in [-0.15, -0.1) is 0 Å². The van der Waals surface area contributed by atoms with Gasteiger partial charge in [0.1, 0.15) is 0 Å². The lowest BCUT2D eigenvalue weighted by atomic mass is 9.86. The van der Waals surface area contributed by atoms with Crippen LogP contribution in [0.25, 0.3) is 6.08 Å². The first-order valence-electron chi connectivity index (χ1n) is 11.7. The van der Waals surface area contributed by atoms with E-state index in [-0.39, 0.29) is 30.5 Å². The standard InChI is InChI=1S/C26H29N3O4/c1-2-6-17-11-12-20-23-22(24(31)27-13-16-9-10-16)19(15-30)21(14-28(20)25(17)32)29(23)26(33)18-7-4-3-5-8-18/h2-8,11-12,16,19,21-23,30H,9-10,13-15H2,1H3,(H,27,31)/b6-2+/t19-,21-,22+,23+/m0/s1. The van der Waals surface area contributed by atoms with Crippen LogP contribution in [0.5, 0.6) is 0 Å². The second kappa shape index (κ2) is 8.63. The summed E-state index contributed by atoms with van der Waals surface area (Å²) in [6.45, 7) is 2.50. The molecule has 172 valence electrons. The van der Waals surface area contributed by atoms with Gasteiger partial charge in [-0.05, 0) is 49.9 Å². The molecule has 2 aromatic rings. The van der Waals surface area contributed by atoms with Crippen molar-refractivity contribution < 1.29 is 14.7 Å². The molecule has 3 aliphatic rings. The number of aliphatic hydroxyl groups excluding tert-OH is 1. The Kier molecular flexibility index (Phi) is 5.66. The monoisotopic (exact) mass is 447 g/mol. The molecule has 4 atom stereocenters. The number of nitrogens with zero attached hydrogens (tertiary/aromatic N) is 2. The van der Waals surface area contributed by atoms with E-state index in [1.54, 1.807) is 33.7 Å². The number of hydrogen-bond acceptors (Lipinski definition) is 4. The Bertz CT molecular complexity index is 1150. The molecule has 0 radical (unpaired) electrons. The minimum absolute atomic E-state index is 0.136. The van der Waals surface area contributed by atoms with Gasteiger partial charge in [0.15, 0.2) is 0 Å². The van der Waals surface area contributed by atoms with Gasteiger partial charge in [-0.3, -0.25) is 14.4 Å². The summed E-state index contributed by atoms with van der Waals surface area (Å²) in [5.74, 6) is -0.892. The third-order valence-electron chi connectivity index (χ3n) is 7.24. The number of rotatable bonds is 6. The fourth-order valence-electron chi connectivity index (χ4n) is 5.42. The average molecular weight is 448 g/mol. The van der Waals surface area contributed by atoms with Crippen molar-refractivity contribution >= 4 is 17.9 Å². The van der Waals surface area contributed by atoms with Crippen molar-refractivity contribution in [2.24, 2.45) is 17.8 Å². The number of allylic oxidation sites excluding steroid dienone is 1. The molecule has 2 bridgehead atoms. The van der Waals surface area contributed by atoms with Crippen LogP contribution in [0.2, 0.25) is 0 Å². The highest BCUT2D eigenvalue weighted by Gasteiger charge is 2.57. The summed E-state index contributed by atoms with van der Waals surface area (Å²) >= 11 is 0. The van der Waals surface area contributed by atoms with Crippen molar-refractivity contribution in [3.8, 4) is 0 Å². The highest BCUT2D eigenvalue weighted by atomic mass is 16.3. The van der Waals surface area contributed by atoms with E-state index < -0.39 is 23.9 Å². The summed E-state index contributed by atoms with van der Waals surface area (Å²) in [7, 11) is 0. The molecule has 1 aliphatic carbocycles. The number of carbonyl (C=O) groups excluding carboxylic acids is 2. The number of benzene rings is 1. The van der Waals surface area contributed by atoms with Crippen molar-refractivity contribution in [1.29, 1.82) is 0 Å². The maximum absolute atomic E-state index is 13.6. The van der Waals surface area contributed by atoms with Crippen LogP contribution in [0, 0.1) is 17.8 Å². The fraction of sp³-hybridized carbons (Fsp3) is 0.423. The van der Waals surface area contributed by atoms with Crippen molar-refractivity contribution in [3.63, 3.8) is 0 Å². The number of nitrogens with one attached hydrogen (secondary N) is 1. The Balaban J connectivity index is 1.61. The molecule has 2 N–H and O–H groups in total. The minimum Gasteiger partial charge on any atom is -0.396 e. The van der Waals surface area contributed by atoms with Crippen LogP contribution in [0.1, 0.15) is 47.4 Å². The molecular formula is C26H29N3O4. The SMILES string of the molecule is C/C=C/c1ccc2n(c1=O)C[C@H]1[C@H](CO)[C@@H](C(=O)NCC3CC3)[C@@H]2N1C(=O)c1ccccc1. The van der Waals surface area contributed by atoms with Gasteiger partial charge in [0.2, 0.25) is 5.91 Å². The smallest absolute Gasteiger partial charge is 0.258 e. The van der Waals surface area contributed by atoms with Crippen molar-refractivity contribution in [3.05, 3.63) is 75.7 Å². The Labute approximate surface area is 192 Å². The summed E-state index contributed by atoms with van der Waals surface area (Å²) in [6, 6.07) is 11.5. The van der Waals surface area contributed by atoms with Crippen LogP contribution in [0.15, 0.2) is 53.3 Å². The molecule has 1 aromatic heterocycles. The number of hydrogen-bond donors (Lipinski definition) is 2. The van der Waals surface area contributed by atoms with Gasteiger partial charge >= 0.3 is 0 Å². The molecule has 2 amide bonds. The zero-order valence-corrected chi connectivity index (χ0v) is 18.7. The predicted molar refractivity (Wildman–Crippen MR) is 124 cm³/mol. The Morgan fingerprint density at radius 2 is 1.91 bits per heavy atom. The Hall–Kier alpha value is -3.19. The highest BCUT2D eigenvalue weighted by molar-refractivity contribution is 5.96. The molecule has 3 heterocycles. The molecule has 5 rings (SSSR count). The van der Waals surface area contributed by atoms with E-state index in [4.69, 9.17) is 0 Å². The first-order chi connectivity index (χ1) is 16.0. The topological polar surface area (TPSA) is 91.6 Å². The molecule has 33 heavy (non-hydrogen) atoms. The Morgan fingerprint density at radius 3 is 2.58 bits per heavy atom. The highest BCUT2D eigenvalue weighted by Crippen LogP contribution is 2.49. The maximum atomic E-state index is 13.6. The van der Waals surface area contributed by atoms with Gasteiger partial charge in [-0.2, -0.15) is 0 Å². The Morgan fingerprint density at radius 1 is 1.15 bits per heavy atom. The number of carbonyl (C=O) groups is 2. The molecular weight excluding hydrogens is 418 g/mol. The summed E-state index contributed by atoms with van der Waals surface area (Å²) in [4.78, 5) is 42.0. The molecule has 1 saturated carbocycles. The average Bonchev–Trinajstić information content (AvgIpc) is 3.63. The number of pyridine rings is 1. The lowest BCUT2D eigenvalue weighted by Crippen LogP contribution is -2.49. The summed E-state index contributed by atoms with van der Waals surface area (Å²) in [5, 5.41) is 13.4. The summed E-state index contributed by atoms with van der Waals surface area (Å²) in [6.07, 6.45) is 5.81. The van der Waals surface area contributed by atoms with Crippen LogP contribution in [-0.2, 0) is 11.3 Å². The molecule has 1 aromatic carbocycles. The van der Waals surface area contributed by atoms with E-state index in [9.17, 15) is 19.5 Å². The summed E-state index contributed by atoms with van der Waals surface area (Å²) < 4.78 is 1.69. The van der Waals surface area contributed by atoms with Crippen LogP contribution in [0.4, 0.5) is 0 Å². The van der Waals surface area contributed by atoms with Gasteiger partial charge < -0.3 is 19.9 Å². The van der Waals surface area contributed by atoms with E-state index >= 15 is 0 Å². The minimum atomic E-state index is -0.618. The lowest BCUT2D eigenvalue weighted by Gasteiger charge is -2.38. The first kappa shape index (κ1) is 21.6. The van der Waals surface area contributed by atoms with Crippen LogP contribution >= 0.6 is 0 Å². The number of aliphatic hydroxyl groups is 1. The molecule has 7 heteroatoms. The maximum Gasteiger partial charge on any atom is 0.258 e. The number of aromatic nitrogens is 1. The third kappa shape index (κ3) is 3.70. The van der Waals surface area contributed by atoms with E-state index in [2.05, 4.69) is 5.32 Å². The van der Waals surface area contributed by atoms with Gasteiger partial charge in [0.25, 0.3) is 11.5 Å². The molecule has 0 spiro atoms. The molecule has 2 fully saturated rings. The molecule has 0 unspecified atom stereocenters. The molecule has 1 saturated heterocycles. The quantitative estimate of drug-likeness (QED) is 0.710. The lowest BCUT2D eigenvalue weighted by molar-refractivity contribution is -0.127. The molecule has 7 nitrogen and oxygen atoms in total. The van der Waals surface area contributed by atoms with Gasteiger partial charge in [0.05, 0.1) is 18.0 Å². The van der Waals surface area contributed by atoms with Crippen LogP contribution in [0.3, 0.4) is 0 Å². The third-order valence-corrected chi connectivity index (χ3v) is 7.24. The van der Waals surface area contributed by atoms with Gasteiger partial charge in [0, 0.05) is 42.4 Å². The van der Waals surface area contributed by atoms with Gasteiger partial charge in [-0.25, -0.2) is 0 Å². The van der Waals surface area contributed by atoms with E-state index in [1.807, 2.05) is 37.3 Å². The normalized spacial score (nSPS) is 25.8. The largest absolute Gasteiger partial charge is 0.396 e. The fourth-order valence-corrected chi connectivity index (χ4v) is 5.42. The predicted octanol–water partition coefficient (Wildman–Crippen LogP) is 2.21. The van der Waals surface area contributed by atoms with Crippen LogP contribution in [-0.4, -0.2) is 45.6 Å². The van der Waals surface area contributed by atoms with Crippen molar-refractivity contribution in [1.82, 2.24) is 14.8 Å². The van der Waals surface area contributed by atoms with E-state index in [0.29, 0.717) is 29.3 Å². The molecule has 2 aliphatic heterocycles. The van der Waals surface area contributed by atoms with Crippen LogP contribution < -0.4 is 10.9 Å². The van der Waals surface area contributed by atoms with Crippen molar-refractivity contribution in [2.75, 3.05) is 13.2 Å². The van der Waals surface area contributed by atoms with Crippen molar-refractivity contribution in [2.45, 2.75) is 38.4 Å². The number of amides is 2. The van der Waals surface area contributed by atoms with E-state index in [1.165, 1.54) is 0 Å². The second-order valence-corrected chi connectivity index (χ2v) is 9.28. The second-order valence-electron chi connectivity index (χ2n) is 9.28. The van der Waals surface area contributed by atoms with E-state index in [0.717, 1.165) is 12.8 Å². The zero-order valence-electron chi connectivity index (χ0n) is 18.7. The van der Waals surface area contributed by atoms with Gasteiger partial charge in [-0.1, -0.05) is 30.4 Å². The zero-order chi connectivity index (χ0) is 23.1. The first-order valence-corrected chi connectivity index (χ1v) is 11.7. The summed E-state index contributed by atoms with van der Waals surface area (Å²) in [5.41, 5.74) is 1.61.